The van der Waals surface area contributed by atoms with E-state index in [4.69, 9.17) is 9.47 Å². The van der Waals surface area contributed by atoms with Crippen LogP contribution in [-0.2, 0) is 10.3 Å². The summed E-state index contributed by atoms with van der Waals surface area (Å²) in [6, 6.07) is 29.7. The molecule has 174 valence electrons. The Hall–Kier alpha value is -4.25. The number of para-hydroxylation sites is 3. The second kappa shape index (κ2) is 8.20. The van der Waals surface area contributed by atoms with Gasteiger partial charge in [-0.15, -0.1) is 0 Å². The Balaban J connectivity index is 1.70. The number of nitrogens with one attached hydrogen (secondary N) is 1. The third-order valence-electron chi connectivity index (χ3n) is 6.89. The lowest BCUT2D eigenvalue weighted by Crippen LogP contribution is -2.33. The molecule has 1 N–H and O–H groups in total. The highest BCUT2D eigenvalue weighted by molar-refractivity contribution is 6.05. The van der Waals surface area contributed by atoms with Gasteiger partial charge < -0.3 is 19.7 Å². The van der Waals surface area contributed by atoms with Gasteiger partial charge >= 0.3 is 5.97 Å². The number of rotatable bonds is 5. The van der Waals surface area contributed by atoms with Gasteiger partial charge in [0.2, 0.25) is 0 Å². The number of hydrogen-bond donors (Lipinski definition) is 1. The van der Waals surface area contributed by atoms with Gasteiger partial charge in [-0.2, -0.15) is 0 Å². The van der Waals surface area contributed by atoms with Crippen molar-refractivity contribution in [3.8, 4) is 11.5 Å². The molecule has 0 amide bonds. The van der Waals surface area contributed by atoms with E-state index in [2.05, 4.69) is 30.1 Å². The van der Waals surface area contributed by atoms with Gasteiger partial charge in [0.15, 0.2) is 5.60 Å². The minimum Gasteiger partial charge on any atom is -0.456 e. The molecule has 4 aromatic rings. The van der Waals surface area contributed by atoms with E-state index in [-0.39, 0.29) is 5.97 Å². The van der Waals surface area contributed by atoms with Crippen LogP contribution in [0, 0.1) is 0 Å². The van der Waals surface area contributed by atoms with Crippen LogP contribution in [0.5, 0.6) is 11.5 Å². The van der Waals surface area contributed by atoms with Crippen molar-refractivity contribution in [2.45, 2.75) is 19.4 Å². The monoisotopic (exact) mass is 462 g/mol. The predicted octanol–water partition coefficient (Wildman–Crippen LogP) is 6.84. The number of nitrogens with zero attached hydrogens (tertiary/aromatic N) is 1. The molecular weight excluding hydrogens is 436 g/mol. The Morgan fingerprint density at radius 2 is 1.37 bits per heavy atom. The van der Waals surface area contributed by atoms with Crippen molar-refractivity contribution in [2.24, 2.45) is 0 Å². The van der Waals surface area contributed by atoms with E-state index >= 15 is 0 Å². The van der Waals surface area contributed by atoms with Crippen LogP contribution >= 0.6 is 0 Å². The summed E-state index contributed by atoms with van der Waals surface area (Å²) in [7, 11) is 0. The summed E-state index contributed by atoms with van der Waals surface area (Å²) in [6.07, 6.45) is 0. The first kappa shape index (κ1) is 21.3. The highest BCUT2D eigenvalue weighted by Crippen LogP contribution is 2.59. The van der Waals surface area contributed by atoms with Crippen LogP contribution in [0.4, 0.5) is 17.1 Å². The van der Waals surface area contributed by atoms with Crippen molar-refractivity contribution in [1.82, 2.24) is 0 Å². The number of benzene rings is 4. The first-order valence-electron chi connectivity index (χ1n) is 12.0. The van der Waals surface area contributed by atoms with Crippen molar-refractivity contribution >= 4 is 23.0 Å². The van der Waals surface area contributed by atoms with Gasteiger partial charge in [0.05, 0.1) is 11.3 Å². The van der Waals surface area contributed by atoms with Crippen LogP contribution in [-0.4, -0.2) is 19.1 Å². The molecular formula is C30H26N2O3. The Bertz CT molecular complexity index is 1380. The second-order valence-corrected chi connectivity index (χ2v) is 8.71. The smallest absolute Gasteiger partial charge is 0.342 e. The molecule has 1 spiro atoms. The Morgan fingerprint density at radius 1 is 0.771 bits per heavy atom. The maximum atomic E-state index is 13.8. The lowest BCUT2D eigenvalue weighted by atomic mass is 9.76. The molecule has 0 aromatic heterocycles. The van der Waals surface area contributed by atoms with Crippen molar-refractivity contribution in [1.29, 1.82) is 0 Å². The highest BCUT2D eigenvalue weighted by Gasteiger charge is 2.55. The molecule has 4 aromatic carbocycles. The van der Waals surface area contributed by atoms with Gasteiger partial charge in [-0.1, -0.05) is 54.6 Å². The van der Waals surface area contributed by atoms with Crippen LogP contribution in [0.1, 0.15) is 40.9 Å². The lowest BCUT2D eigenvalue weighted by Gasteiger charge is -2.37. The molecule has 0 unspecified atom stereocenters. The lowest BCUT2D eigenvalue weighted by molar-refractivity contribution is 0.0226. The average molecular weight is 463 g/mol. The van der Waals surface area contributed by atoms with Crippen molar-refractivity contribution < 1.29 is 14.3 Å². The summed E-state index contributed by atoms with van der Waals surface area (Å²) in [4.78, 5) is 16.0. The Labute approximate surface area is 204 Å². The third-order valence-corrected chi connectivity index (χ3v) is 6.89. The summed E-state index contributed by atoms with van der Waals surface area (Å²) < 4.78 is 12.8. The first-order valence-corrected chi connectivity index (χ1v) is 12.0. The molecule has 5 nitrogen and oxygen atoms in total. The third kappa shape index (κ3) is 3.12. The van der Waals surface area contributed by atoms with Crippen molar-refractivity contribution in [3.05, 3.63) is 113 Å². The molecule has 0 fully saturated rings. The number of esters is 1. The van der Waals surface area contributed by atoms with E-state index in [1.54, 1.807) is 0 Å². The zero-order valence-electron chi connectivity index (χ0n) is 19.7. The largest absolute Gasteiger partial charge is 0.456 e. The molecule has 0 saturated heterocycles. The van der Waals surface area contributed by atoms with Crippen LogP contribution < -0.4 is 15.0 Å². The quantitative estimate of drug-likeness (QED) is 0.329. The molecule has 2 aliphatic heterocycles. The molecule has 5 heteroatoms. The Kier molecular flexibility index (Phi) is 4.99. The van der Waals surface area contributed by atoms with Gasteiger partial charge in [-0.3, -0.25) is 0 Å². The summed E-state index contributed by atoms with van der Waals surface area (Å²) >= 11 is 0. The van der Waals surface area contributed by atoms with Crippen LogP contribution in [0.15, 0.2) is 91.0 Å². The predicted molar refractivity (Wildman–Crippen MR) is 138 cm³/mol. The summed E-state index contributed by atoms with van der Waals surface area (Å²) in [5.41, 5.74) is 4.58. The van der Waals surface area contributed by atoms with E-state index in [0.717, 1.165) is 46.8 Å². The van der Waals surface area contributed by atoms with Crippen LogP contribution in [0.25, 0.3) is 0 Å². The second-order valence-electron chi connectivity index (χ2n) is 8.71. The van der Waals surface area contributed by atoms with Crippen LogP contribution in [0.2, 0.25) is 0 Å². The Morgan fingerprint density at radius 3 is 2.00 bits per heavy atom. The van der Waals surface area contributed by atoms with Crippen molar-refractivity contribution in [3.63, 3.8) is 0 Å². The van der Waals surface area contributed by atoms with Gasteiger partial charge in [0.25, 0.3) is 0 Å². The molecule has 2 heterocycles. The van der Waals surface area contributed by atoms with Gasteiger partial charge in [-0.25, -0.2) is 4.79 Å². The fraction of sp³-hybridized carbons (Fsp3) is 0.167. The maximum Gasteiger partial charge on any atom is 0.342 e. The number of anilines is 3. The first-order chi connectivity index (χ1) is 17.2. The maximum absolute atomic E-state index is 13.8. The number of carbonyl (C=O) groups excluding carboxylic acids is 1. The number of hydrogen-bond acceptors (Lipinski definition) is 5. The summed E-state index contributed by atoms with van der Waals surface area (Å²) in [5, 5.41) is 3.57. The standard InChI is InChI=1S/C30H26N2O3/c1-3-32(4-2)24-19-18-23(31-20-12-6-5-7-13-20)28-27(24)29(33)35-30(28)21-14-8-10-16-25(21)34-26-17-11-9-15-22(26)30/h5-19,31H,3-4H2,1-2H3. The van der Waals surface area contributed by atoms with Crippen LogP contribution in [0.3, 0.4) is 0 Å². The number of ether oxygens (including phenoxy) is 2. The summed E-state index contributed by atoms with van der Waals surface area (Å²) in [5.74, 6) is 1.04. The molecule has 0 atom stereocenters. The van der Waals surface area contributed by atoms with E-state index in [1.807, 2.05) is 84.9 Å². The zero-order valence-corrected chi connectivity index (χ0v) is 19.7. The fourth-order valence-electron chi connectivity index (χ4n) is 5.35. The number of fused-ring (bicyclic) bond motifs is 6. The van der Waals surface area contributed by atoms with Gasteiger partial charge in [0.1, 0.15) is 11.5 Å². The van der Waals surface area contributed by atoms with Gasteiger partial charge in [-0.05, 0) is 50.2 Å². The SMILES string of the molecule is CCN(CC)c1ccc(Nc2ccccc2)c2c1C(=O)OC21c2ccccc2Oc2ccccc21. The molecule has 6 rings (SSSR count). The summed E-state index contributed by atoms with van der Waals surface area (Å²) in [6.45, 7) is 5.76. The number of carbonyl (C=O) groups is 1. The zero-order chi connectivity index (χ0) is 24.0. The fourth-order valence-corrected chi connectivity index (χ4v) is 5.35. The normalized spacial score (nSPS) is 14.4. The molecule has 35 heavy (non-hydrogen) atoms. The molecule has 0 aliphatic carbocycles. The molecule has 2 aliphatic rings. The van der Waals surface area contributed by atoms with E-state index < -0.39 is 5.60 Å². The van der Waals surface area contributed by atoms with Crippen molar-refractivity contribution in [2.75, 3.05) is 23.3 Å². The highest BCUT2D eigenvalue weighted by atomic mass is 16.6. The molecule has 0 saturated carbocycles. The minimum absolute atomic E-state index is 0.329. The minimum atomic E-state index is -1.13. The van der Waals surface area contributed by atoms with E-state index in [9.17, 15) is 4.79 Å². The topological polar surface area (TPSA) is 50.8 Å². The average Bonchev–Trinajstić information content (AvgIpc) is 3.20. The van der Waals surface area contributed by atoms with Gasteiger partial charge in [0, 0.05) is 41.2 Å². The molecule has 0 bridgehead atoms. The van der Waals surface area contributed by atoms with E-state index in [0.29, 0.717) is 17.1 Å². The molecule has 0 radical (unpaired) electrons. The van der Waals surface area contributed by atoms with E-state index in [1.165, 1.54) is 0 Å².